The Morgan fingerprint density at radius 3 is 3.30 bits per heavy atom. The van der Waals surface area contributed by atoms with E-state index in [9.17, 15) is 5.11 Å². The first kappa shape index (κ1) is 5.70. The van der Waals surface area contributed by atoms with Crippen molar-refractivity contribution in [2.24, 2.45) is 0 Å². The Kier molecular flexibility index (Phi) is 0.977. The van der Waals surface area contributed by atoms with Crippen LogP contribution in [0.3, 0.4) is 0 Å². The first-order valence-electron chi connectivity index (χ1n) is 3.36. The van der Waals surface area contributed by atoms with Gasteiger partial charge in [0.25, 0.3) is 0 Å². The van der Waals surface area contributed by atoms with Gasteiger partial charge in [0.1, 0.15) is 0 Å². The minimum Gasteiger partial charge on any atom is -0.539 e. The molecule has 1 aromatic rings. The summed E-state index contributed by atoms with van der Waals surface area (Å²) in [7, 11) is 0. The highest BCUT2D eigenvalue weighted by molar-refractivity contribution is 5.05. The number of hydrogen-bond donors (Lipinski definition) is 0. The molecule has 1 atom stereocenters. The molecule has 0 saturated heterocycles. The molecule has 0 aliphatic carbocycles. The highest BCUT2D eigenvalue weighted by Gasteiger charge is 2.30. The Hall–Kier alpha value is -1.06. The molecule has 2 heterocycles. The summed E-state index contributed by atoms with van der Waals surface area (Å²) in [6, 6.07) is 0.335. The molecule has 10 heavy (non-hydrogen) atoms. The Balaban J connectivity index is 2.53. The molecule has 4 nitrogen and oxygen atoms in total. The van der Waals surface area contributed by atoms with E-state index in [0.717, 1.165) is 12.8 Å². The fraction of sp³-hybridized carbons (Fsp3) is 0.667. The van der Waals surface area contributed by atoms with Crippen LogP contribution in [0, 0.1) is 0 Å². The van der Waals surface area contributed by atoms with E-state index < -0.39 is 0 Å². The quantitative estimate of drug-likeness (QED) is 0.458. The summed E-state index contributed by atoms with van der Waals surface area (Å²) < 4.78 is 6.13. The van der Waals surface area contributed by atoms with Crippen molar-refractivity contribution in [3.8, 4) is 5.95 Å². The second-order valence-corrected chi connectivity index (χ2v) is 2.64. The molecule has 54 valence electrons. The highest BCUT2D eigenvalue weighted by Crippen LogP contribution is 2.20. The Morgan fingerprint density at radius 2 is 2.60 bits per heavy atom. The smallest absolute Gasteiger partial charge is 0.233 e. The fourth-order valence-electron chi connectivity index (χ4n) is 1.31. The SMILES string of the molecule is CC1CCc2c([O-])on[n+]21. The molecule has 0 N–H and O–H groups in total. The van der Waals surface area contributed by atoms with Crippen LogP contribution in [0.15, 0.2) is 4.52 Å². The number of hydrogen-bond acceptors (Lipinski definition) is 3. The van der Waals surface area contributed by atoms with E-state index >= 15 is 0 Å². The minimum absolute atomic E-state index is 0.274. The lowest BCUT2D eigenvalue weighted by Gasteiger charge is -1.87. The third-order valence-electron chi connectivity index (χ3n) is 1.94. The molecular formula is C6H8N2O2. The van der Waals surface area contributed by atoms with Gasteiger partial charge in [0, 0.05) is 19.8 Å². The molecular weight excluding hydrogens is 132 g/mol. The molecule has 2 rings (SSSR count). The highest BCUT2D eigenvalue weighted by atomic mass is 16.6. The number of aromatic nitrogens is 2. The Morgan fingerprint density at radius 1 is 1.80 bits per heavy atom. The van der Waals surface area contributed by atoms with Gasteiger partial charge in [0.2, 0.25) is 5.69 Å². The zero-order chi connectivity index (χ0) is 7.14. The van der Waals surface area contributed by atoms with Crippen LogP contribution in [0.25, 0.3) is 0 Å². The predicted molar refractivity (Wildman–Crippen MR) is 29.2 cm³/mol. The lowest BCUT2D eigenvalue weighted by molar-refractivity contribution is -0.776. The molecule has 4 heteroatoms. The largest absolute Gasteiger partial charge is 0.539 e. The average molecular weight is 140 g/mol. The van der Waals surface area contributed by atoms with Gasteiger partial charge in [-0.3, -0.25) is 0 Å². The first-order chi connectivity index (χ1) is 4.79. The topological polar surface area (TPSA) is 53.0 Å². The summed E-state index contributed by atoms with van der Waals surface area (Å²) in [4.78, 5) is 0. The summed E-state index contributed by atoms with van der Waals surface area (Å²) in [5, 5.41) is 14.4. The van der Waals surface area contributed by atoms with E-state index in [0.29, 0.717) is 11.7 Å². The maximum atomic E-state index is 10.8. The number of nitrogens with zero attached hydrogens (tertiary/aromatic N) is 2. The van der Waals surface area contributed by atoms with Crippen molar-refractivity contribution in [2.75, 3.05) is 0 Å². The van der Waals surface area contributed by atoms with E-state index in [1.165, 1.54) is 0 Å². The van der Waals surface area contributed by atoms with Gasteiger partial charge in [0.15, 0.2) is 12.0 Å². The van der Waals surface area contributed by atoms with Crippen LogP contribution < -0.4 is 9.79 Å². The van der Waals surface area contributed by atoms with Crippen LogP contribution in [0.5, 0.6) is 5.95 Å². The monoisotopic (exact) mass is 140 g/mol. The zero-order valence-corrected chi connectivity index (χ0v) is 5.70. The van der Waals surface area contributed by atoms with Crippen molar-refractivity contribution in [1.29, 1.82) is 0 Å². The standard InChI is InChI=1S/C6H8N2O2/c1-4-2-3-5-6(9)10-7-8(4)5/h4H,2-3H2,1H3. The molecule has 1 aromatic heterocycles. The van der Waals surface area contributed by atoms with Crippen molar-refractivity contribution in [2.45, 2.75) is 25.8 Å². The third-order valence-corrected chi connectivity index (χ3v) is 1.94. The predicted octanol–water partition coefficient (Wildman–Crippen LogP) is -0.457. The maximum Gasteiger partial charge on any atom is 0.233 e. The zero-order valence-electron chi connectivity index (χ0n) is 5.70. The van der Waals surface area contributed by atoms with Gasteiger partial charge >= 0.3 is 0 Å². The molecule has 0 amide bonds. The van der Waals surface area contributed by atoms with Gasteiger partial charge in [-0.25, -0.2) is 0 Å². The number of rotatable bonds is 0. The van der Waals surface area contributed by atoms with Crippen LogP contribution in [0.2, 0.25) is 0 Å². The summed E-state index contributed by atoms with van der Waals surface area (Å²) in [5.41, 5.74) is 0.715. The maximum absolute atomic E-state index is 10.8. The van der Waals surface area contributed by atoms with E-state index in [2.05, 4.69) is 9.79 Å². The van der Waals surface area contributed by atoms with Gasteiger partial charge in [0.05, 0.1) is 5.27 Å². The molecule has 1 aliphatic rings. The van der Waals surface area contributed by atoms with Crippen molar-refractivity contribution in [1.82, 2.24) is 5.27 Å². The van der Waals surface area contributed by atoms with Gasteiger partial charge < -0.3 is 9.63 Å². The van der Waals surface area contributed by atoms with Crippen LogP contribution >= 0.6 is 0 Å². The second kappa shape index (κ2) is 1.71. The van der Waals surface area contributed by atoms with Crippen LogP contribution in [0.1, 0.15) is 25.1 Å². The van der Waals surface area contributed by atoms with E-state index in [1.54, 1.807) is 4.68 Å². The van der Waals surface area contributed by atoms with Crippen LogP contribution in [-0.2, 0) is 6.42 Å². The summed E-state index contributed by atoms with van der Waals surface area (Å²) in [6.45, 7) is 2.03. The van der Waals surface area contributed by atoms with Crippen molar-refractivity contribution < 1.29 is 14.3 Å². The van der Waals surface area contributed by atoms with E-state index in [4.69, 9.17) is 0 Å². The molecule has 0 saturated carbocycles. The molecule has 0 fully saturated rings. The lowest BCUT2D eigenvalue weighted by Crippen LogP contribution is -2.37. The molecule has 1 aliphatic heterocycles. The van der Waals surface area contributed by atoms with E-state index in [-0.39, 0.29) is 5.95 Å². The van der Waals surface area contributed by atoms with Crippen molar-refractivity contribution in [3.05, 3.63) is 5.69 Å². The minimum atomic E-state index is -0.274. The average Bonchev–Trinajstić information content (AvgIpc) is 2.41. The van der Waals surface area contributed by atoms with Gasteiger partial charge in [-0.2, -0.15) is 0 Å². The molecule has 0 radical (unpaired) electrons. The first-order valence-corrected chi connectivity index (χ1v) is 3.36. The molecule has 0 spiro atoms. The molecule has 0 aromatic carbocycles. The van der Waals surface area contributed by atoms with Gasteiger partial charge in [-0.15, -0.1) is 0 Å². The fourth-order valence-corrected chi connectivity index (χ4v) is 1.31. The van der Waals surface area contributed by atoms with Crippen molar-refractivity contribution in [3.63, 3.8) is 0 Å². The van der Waals surface area contributed by atoms with E-state index in [1.807, 2.05) is 6.92 Å². The Labute approximate surface area is 58.0 Å². The van der Waals surface area contributed by atoms with Crippen LogP contribution in [-0.4, -0.2) is 5.27 Å². The van der Waals surface area contributed by atoms with Gasteiger partial charge in [-0.05, 0) is 0 Å². The summed E-state index contributed by atoms with van der Waals surface area (Å²) >= 11 is 0. The second-order valence-electron chi connectivity index (χ2n) is 2.64. The Bertz CT molecular complexity index is 256. The lowest BCUT2D eigenvalue weighted by atomic mass is 10.2. The molecule has 1 unspecified atom stereocenters. The number of fused-ring (bicyclic) bond motifs is 1. The van der Waals surface area contributed by atoms with Gasteiger partial charge in [-0.1, -0.05) is 4.68 Å². The molecule has 0 bridgehead atoms. The third kappa shape index (κ3) is 0.558. The summed E-state index contributed by atoms with van der Waals surface area (Å²) in [6.07, 6.45) is 1.82. The van der Waals surface area contributed by atoms with Crippen LogP contribution in [0.4, 0.5) is 0 Å². The summed E-state index contributed by atoms with van der Waals surface area (Å²) in [5.74, 6) is -0.274. The van der Waals surface area contributed by atoms with Crippen molar-refractivity contribution >= 4 is 0 Å². The normalized spacial score (nSPS) is 23.1.